The lowest BCUT2D eigenvalue weighted by atomic mass is 9.94. The average Bonchev–Trinajstić information content (AvgIpc) is 3.25. The lowest BCUT2D eigenvalue weighted by Gasteiger charge is -2.21. The number of hydrogen-bond acceptors (Lipinski definition) is 2. The van der Waals surface area contributed by atoms with Crippen molar-refractivity contribution in [2.24, 2.45) is 0 Å². The number of hydrogen-bond donors (Lipinski definition) is 2. The van der Waals surface area contributed by atoms with Crippen molar-refractivity contribution in [1.82, 2.24) is 10.3 Å². The summed E-state index contributed by atoms with van der Waals surface area (Å²) in [5.41, 5.74) is 2.55. The molecular weight excluding hydrogens is 328 g/mol. The average molecular weight is 349 g/mol. The maximum Gasteiger partial charge on any atom is 0.337 e. The third-order valence-corrected chi connectivity index (χ3v) is 5.03. The number of imidazole rings is 1. The molecule has 1 amide bonds. The first-order chi connectivity index (χ1) is 12.5. The van der Waals surface area contributed by atoms with Gasteiger partial charge >= 0.3 is 28.6 Å². The van der Waals surface area contributed by atoms with Crippen LogP contribution in [0.15, 0.2) is 36.5 Å². The summed E-state index contributed by atoms with van der Waals surface area (Å²) < 4.78 is 3.58. The molecule has 2 heterocycles. The third-order valence-electron chi connectivity index (χ3n) is 5.03. The number of ketones is 1. The van der Waals surface area contributed by atoms with Crippen LogP contribution in [0.2, 0.25) is 0 Å². The number of H-pyrrole nitrogens is 1. The molecule has 0 unspecified atom stereocenters. The Labute approximate surface area is 151 Å². The van der Waals surface area contributed by atoms with Crippen molar-refractivity contribution in [2.75, 3.05) is 13.1 Å². The van der Waals surface area contributed by atoms with Crippen molar-refractivity contribution in [2.45, 2.75) is 18.9 Å². The predicted octanol–water partition coefficient (Wildman–Crippen LogP) is -0.115. The Morgan fingerprint density at radius 3 is 2.58 bits per heavy atom. The molecule has 2 aliphatic carbocycles. The van der Waals surface area contributed by atoms with Gasteiger partial charge in [-0.05, 0) is 12.2 Å². The smallest absolute Gasteiger partial charge is 0.337 e. The number of allylic oxidation sites excluding steroid dienone is 5. The van der Waals surface area contributed by atoms with Crippen LogP contribution in [0.5, 0.6) is 0 Å². The second-order valence-corrected chi connectivity index (χ2v) is 6.78. The topological polar surface area (TPSA) is 70.9 Å². The summed E-state index contributed by atoms with van der Waals surface area (Å²) in [5, 5.41) is 3.09. The first kappa shape index (κ1) is 16.3. The zero-order valence-corrected chi connectivity index (χ0v) is 14.5. The zero-order chi connectivity index (χ0) is 18.3. The normalized spacial score (nSPS) is 19.4. The first-order valence-electron chi connectivity index (χ1n) is 8.71. The molecule has 0 saturated carbocycles. The Kier molecular flexibility index (Phi) is 3.95. The number of aromatic amines is 1. The zero-order valence-electron chi connectivity index (χ0n) is 14.5. The largest absolute Gasteiger partial charge is 0.337 e. The second kappa shape index (κ2) is 6.29. The summed E-state index contributed by atoms with van der Waals surface area (Å²) in [7, 11) is 0. The Bertz CT molecular complexity index is 985. The second-order valence-electron chi connectivity index (χ2n) is 6.78. The van der Waals surface area contributed by atoms with Crippen LogP contribution in [0.1, 0.15) is 29.0 Å². The van der Waals surface area contributed by atoms with Crippen molar-refractivity contribution in [3.63, 3.8) is 0 Å². The summed E-state index contributed by atoms with van der Waals surface area (Å²) in [6.45, 7) is 9.65. The molecule has 1 aliphatic heterocycles. The van der Waals surface area contributed by atoms with Crippen LogP contribution < -0.4 is 15.0 Å². The molecule has 26 heavy (non-hydrogen) atoms. The van der Waals surface area contributed by atoms with Crippen molar-refractivity contribution in [3.05, 3.63) is 66.0 Å². The van der Waals surface area contributed by atoms with Crippen molar-refractivity contribution in [3.8, 4) is 0 Å². The van der Waals surface area contributed by atoms with Gasteiger partial charge in [0.2, 0.25) is 0 Å². The number of rotatable bonds is 2. The van der Waals surface area contributed by atoms with Crippen LogP contribution >= 0.6 is 0 Å². The molecule has 0 bridgehead atoms. The third kappa shape index (κ3) is 2.73. The number of carbonyl (C=O) groups is 2. The highest BCUT2D eigenvalue weighted by atomic mass is 16.2. The maximum absolute atomic E-state index is 12.8. The molecule has 6 nitrogen and oxygen atoms in total. The summed E-state index contributed by atoms with van der Waals surface area (Å²) >= 11 is 0. The predicted molar refractivity (Wildman–Crippen MR) is 97.2 cm³/mol. The van der Waals surface area contributed by atoms with Gasteiger partial charge in [0, 0.05) is 18.9 Å². The monoisotopic (exact) mass is 349 g/mol. The van der Waals surface area contributed by atoms with E-state index in [9.17, 15) is 9.59 Å². The van der Waals surface area contributed by atoms with E-state index in [1.165, 1.54) is 6.08 Å². The van der Waals surface area contributed by atoms with Crippen LogP contribution in [0.25, 0.3) is 5.57 Å². The molecule has 4 rings (SSSR count). The molecule has 0 spiro atoms. The fourth-order valence-corrected chi connectivity index (χ4v) is 3.55. The van der Waals surface area contributed by atoms with Crippen LogP contribution in [-0.2, 0) is 4.79 Å². The molecule has 0 radical (unpaired) electrons. The number of aromatic nitrogens is 2. The number of piperidine rings is 1. The van der Waals surface area contributed by atoms with Gasteiger partial charge < -0.3 is 5.32 Å². The van der Waals surface area contributed by atoms with E-state index in [1.807, 2.05) is 28.9 Å². The highest BCUT2D eigenvalue weighted by molar-refractivity contribution is 6.10. The van der Waals surface area contributed by atoms with Gasteiger partial charge in [0.05, 0.1) is 24.4 Å². The van der Waals surface area contributed by atoms with Crippen molar-refractivity contribution < 1.29 is 18.4 Å². The molecule has 2 N–H and O–H groups in total. The van der Waals surface area contributed by atoms with Gasteiger partial charge in [-0.1, -0.05) is 12.2 Å². The molecule has 1 saturated heterocycles. The highest BCUT2D eigenvalue weighted by Gasteiger charge is 2.45. The lowest BCUT2D eigenvalue weighted by molar-refractivity contribution is -0.530. The number of fused-ring (bicyclic) bond motifs is 1. The summed E-state index contributed by atoms with van der Waals surface area (Å²) in [5.74, 6) is 0.131. The van der Waals surface area contributed by atoms with Gasteiger partial charge in [-0.3, -0.25) is 9.59 Å². The van der Waals surface area contributed by atoms with Crippen LogP contribution in [0.4, 0.5) is 0 Å². The minimum atomic E-state index is -0.173. The van der Waals surface area contributed by atoms with E-state index in [2.05, 4.69) is 23.7 Å². The Hall–Kier alpha value is -3.15. The standard InChI is InChI=1S/C20H19N4O2/c1-23-11-9-14(10-12-23)21-20(26)15-7-8-16(25)18-17(15)22-19(24(18)2)13-5-3-4-6-13/h3-8,14H,1-2,9-12H2/q+1/p+2. The Balaban J connectivity index is 1.67. The van der Waals surface area contributed by atoms with Crippen molar-refractivity contribution >= 4 is 24.0 Å². The van der Waals surface area contributed by atoms with Gasteiger partial charge in [-0.2, -0.15) is 0 Å². The minimum absolute atomic E-state index is 0.124. The lowest BCUT2D eigenvalue weighted by Crippen LogP contribution is -2.44. The maximum atomic E-state index is 12.8. The number of nitrogens with zero attached hydrogens (tertiary/aromatic N) is 2. The van der Waals surface area contributed by atoms with Gasteiger partial charge in [-0.15, -0.1) is 4.24 Å². The SMILES string of the molecule is C=[N+]1CCC(NC(=O)[C+]2C=CC(=O)c3c2[nH]c(=C2C=CC=C2)[n+]3=C)CC1. The van der Waals surface area contributed by atoms with Crippen LogP contribution in [-0.4, -0.2) is 47.1 Å². The van der Waals surface area contributed by atoms with E-state index in [4.69, 9.17) is 0 Å². The molecule has 0 atom stereocenters. The highest BCUT2D eigenvalue weighted by Crippen LogP contribution is 2.22. The quantitative estimate of drug-likeness (QED) is 0.578. The van der Waals surface area contributed by atoms with Gasteiger partial charge in [0.25, 0.3) is 0 Å². The van der Waals surface area contributed by atoms with Crippen molar-refractivity contribution in [1.29, 1.82) is 0 Å². The molecule has 1 fully saturated rings. The van der Waals surface area contributed by atoms with E-state index < -0.39 is 0 Å². The van der Waals surface area contributed by atoms with Gasteiger partial charge in [-0.25, -0.2) is 9.56 Å². The molecule has 1 aromatic rings. The van der Waals surface area contributed by atoms with E-state index in [-0.39, 0.29) is 17.7 Å². The van der Waals surface area contributed by atoms with Gasteiger partial charge in [0.1, 0.15) is 19.8 Å². The fourth-order valence-electron chi connectivity index (χ4n) is 3.55. The Morgan fingerprint density at radius 2 is 1.88 bits per heavy atom. The van der Waals surface area contributed by atoms with E-state index in [1.54, 1.807) is 10.3 Å². The summed E-state index contributed by atoms with van der Waals surface area (Å²) in [6.07, 6.45) is 12.5. The van der Waals surface area contributed by atoms with Crippen LogP contribution in [0, 0.1) is 12.6 Å². The molecular formula is C20H21N4O2+3. The van der Waals surface area contributed by atoms with E-state index >= 15 is 0 Å². The van der Waals surface area contributed by atoms with Gasteiger partial charge in [0.15, 0.2) is 5.92 Å². The van der Waals surface area contributed by atoms with E-state index in [0.717, 1.165) is 31.5 Å². The summed E-state index contributed by atoms with van der Waals surface area (Å²) in [6, 6.07) is 0.124. The Morgan fingerprint density at radius 1 is 1.19 bits per heavy atom. The van der Waals surface area contributed by atoms with E-state index in [0.29, 0.717) is 22.8 Å². The molecule has 3 aliphatic rings. The van der Waals surface area contributed by atoms with Crippen LogP contribution in [0.3, 0.4) is 0 Å². The molecule has 130 valence electrons. The first-order valence-corrected chi connectivity index (χ1v) is 8.71. The molecule has 1 aromatic heterocycles. The summed E-state index contributed by atoms with van der Waals surface area (Å²) in [4.78, 5) is 28.4. The minimum Gasteiger partial charge on any atom is -0.337 e. The number of amides is 1. The molecule has 6 heteroatoms. The molecule has 0 aromatic carbocycles. The number of carbonyl (C=O) groups excluding carboxylic acids is 2. The fraction of sp³-hybridized carbons (Fsp3) is 0.250. The number of nitrogens with one attached hydrogen (secondary N) is 2.